The molecule has 3 aromatic heterocycles. The van der Waals surface area contributed by atoms with Gasteiger partial charge in [-0.15, -0.1) is 0 Å². The third-order valence-corrected chi connectivity index (χ3v) is 10.5. The number of aryl methyl sites for hydroxylation is 2. The minimum Gasteiger partial charge on any atom is -0.239 e. The lowest BCUT2D eigenvalue weighted by atomic mass is 9.90. The van der Waals surface area contributed by atoms with Gasteiger partial charge >= 0.3 is 18.5 Å². The Morgan fingerprint density at radius 3 is 1.91 bits per heavy atom. The largest absolute Gasteiger partial charge is 0.435 e. The molecule has 6 rings (SSSR count). The van der Waals surface area contributed by atoms with Crippen LogP contribution in [0.2, 0.25) is 15.1 Å². The van der Waals surface area contributed by atoms with E-state index >= 15 is 0 Å². The van der Waals surface area contributed by atoms with Crippen molar-refractivity contribution in [3.8, 4) is 39.3 Å². The van der Waals surface area contributed by atoms with Crippen LogP contribution in [-0.4, -0.2) is 29.3 Å². The molecule has 0 atom stereocenters. The van der Waals surface area contributed by atoms with Gasteiger partial charge < -0.3 is 0 Å². The molecule has 0 spiro atoms. The molecule has 0 aliphatic carbocycles. The molecule has 6 aromatic rings. The molecule has 0 aliphatic heterocycles. The van der Waals surface area contributed by atoms with Crippen molar-refractivity contribution in [3.05, 3.63) is 113 Å². The van der Waals surface area contributed by atoms with Gasteiger partial charge in [0.15, 0.2) is 11.4 Å². The molecule has 3 aromatic carbocycles. The fourth-order valence-electron chi connectivity index (χ4n) is 5.65. The molecule has 0 aliphatic rings. The average molecular weight is 935 g/mol. The zero-order valence-corrected chi connectivity index (χ0v) is 32.0. The number of nitrogens with zero attached hydrogens (tertiary/aromatic N) is 6. The second-order valence-corrected chi connectivity index (χ2v) is 14.4. The summed E-state index contributed by atoms with van der Waals surface area (Å²) in [5.41, 5.74) is -3.98. The van der Waals surface area contributed by atoms with E-state index < -0.39 is 46.3 Å². The van der Waals surface area contributed by atoms with E-state index in [1.807, 2.05) is 6.07 Å². The van der Waals surface area contributed by atoms with Crippen molar-refractivity contribution in [3.63, 3.8) is 0 Å². The van der Waals surface area contributed by atoms with Gasteiger partial charge in [0.2, 0.25) is 0 Å². The Morgan fingerprint density at radius 2 is 1.34 bits per heavy atom. The second kappa shape index (κ2) is 13.7. The topological polar surface area (TPSA) is 53.5 Å². The standard InChI is InChI=1S/C33H17Br2Cl3F9N6/c1-13-4-16(7-18(5-13)51-12-21(34)30(35)50-51)19-10-22(37)29(52-14(2)6-24(48-52)31(39,40)41)27(15(19)3)20-8-17(36)9-23(28(20)38)53-26(33(45,46)47)11-25(49-53)32(42,43)44/h4-9,11-12H,1-3H3. The monoisotopic (exact) mass is 931 g/mol. The Morgan fingerprint density at radius 1 is 0.717 bits per heavy atom. The molecular formula is C33H17Br2Cl3F9N6. The maximum atomic E-state index is 14.1. The maximum Gasteiger partial charge on any atom is 0.435 e. The third-order valence-electron chi connectivity index (χ3n) is 7.87. The summed E-state index contributed by atoms with van der Waals surface area (Å²) in [5.74, 6) is 0. The van der Waals surface area contributed by atoms with Crippen LogP contribution in [0.3, 0.4) is 0 Å². The molecule has 0 unspecified atom stereocenters. The quantitative estimate of drug-likeness (QED) is 0.162. The normalized spacial score (nSPS) is 12.6. The first-order chi connectivity index (χ1) is 24.4. The summed E-state index contributed by atoms with van der Waals surface area (Å²) in [6.45, 7) is 4.62. The molecule has 0 fully saturated rings. The smallest absolute Gasteiger partial charge is 0.239 e. The van der Waals surface area contributed by atoms with Crippen LogP contribution in [0.25, 0.3) is 39.3 Å². The first-order valence-corrected chi connectivity index (χ1v) is 17.3. The van der Waals surface area contributed by atoms with Gasteiger partial charge in [-0.2, -0.15) is 54.8 Å². The van der Waals surface area contributed by atoms with Crippen molar-refractivity contribution in [1.29, 1.82) is 0 Å². The molecule has 277 valence electrons. The first-order valence-electron chi connectivity index (χ1n) is 14.6. The van der Waals surface area contributed by atoms with E-state index in [-0.39, 0.29) is 54.4 Å². The van der Waals surface area contributed by atoms with Crippen LogP contribution in [0.5, 0.6) is 0 Å². The molecule has 0 amide bonds. The Bertz CT molecular complexity index is 2410. The molecule has 1 radical (unpaired) electrons. The molecular weight excluding hydrogens is 918 g/mol. The van der Waals surface area contributed by atoms with E-state index in [9.17, 15) is 39.5 Å². The van der Waals surface area contributed by atoms with Gasteiger partial charge in [-0.3, -0.25) is 0 Å². The summed E-state index contributed by atoms with van der Waals surface area (Å²) >= 11 is 26.8. The minimum absolute atomic E-state index is 0.0405. The highest BCUT2D eigenvalue weighted by Crippen LogP contribution is 2.47. The molecule has 53 heavy (non-hydrogen) atoms. The highest BCUT2D eigenvalue weighted by atomic mass is 79.9. The van der Waals surface area contributed by atoms with Crippen molar-refractivity contribution in [2.75, 3.05) is 0 Å². The Hall–Kier alpha value is -3.51. The number of halogens is 14. The third kappa shape index (κ3) is 7.46. The first kappa shape index (κ1) is 39.2. The number of alkyl halides is 9. The van der Waals surface area contributed by atoms with Gasteiger partial charge in [0.25, 0.3) is 0 Å². The summed E-state index contributed by atoms with van der Waals surface area (Å²) in [5, 5.41) is 10.1. The van der Waals surface area contributed by atoms with Crippen LogP contribution in [-0.2, 0) is 18.5 Å². The molecule has 0 saturated carbocycles. The average Bonchev–Trinajstić information content (AvgIpc) is 3.75. The van der Waals surface area contributed by atoms with E-state index in [4.69, 9.17) is 34.8 Å². The van der Waals surface area contributed by atoms with Crippen LogP contribution >= 0.6 is 66.7 Å². The summed E-state index contributed by atoms with van der Waals surface area (Å²) in [6, 6.07) is 10.9. The number of benzene rings is 3. The lowest BCUT2D eigenvalue weighted by molar-refractivity contribution is -0.144. The van der Waals surface area contributed by atoms with Crippen molar-refractivity contribution < 1.29 is 39.5 Å². The number of hydrogen-bond acceptors (Lipinski definition) is 3. The van der Waals surface area contributed by atoms with Crippen LogP contribution in [0.15, 0.2) is 57.7 Å². The zero-order valence-electron chi connectivity index (χ0n) is 26.6. The van der Waals surface area contributed by atoms with Crippen molar-refractivity contribution >= 4 is 66.7 Å². The van der Waals surface area contributed by atoms with Crippen LogP contribution in [0.1, 0.15) is 33.9 Å². The molecule has 20 heteroatoms. The highest BCUT2D eigenvalue weighted by molar-refractivity contribution is 9.13. The summed E-state index contributed by atoms with van der Waals surface area (Å²) in [6.07, 6.45) is -13.8. The molecule has 3 heterocycles. The molecule has 0 bridgehead atoms. The fraction of sp³-hybridized carbons (Fsp3) is 0.182. The van der Waals surface area contributed by atoms with E-state index in [1.165, 1.54) is 19.9 Å². The summed E-state index contributed by atoms with van der Waals surface area (Å²) < 4.78 is 128. The molecule has 0 saturated heterocycles. The lowest BCUT2D eigenvalue weighted by Gasteiger charge is -2.22. The number of rotatable bonds is 5. The van der Waals surface area contributed by atoms with Crippen LogP contribution in [0, 0.1) is 26.8 Å². The Labute approximate surface area is 325 Å². The SMILES string of the molecule is Cc1cc(-c2[c]c(Cl)c(-n3nc(C(F)(F)F)cc3C)c(-c3cc(Cl)cc(-n4nc(C(F)(F)F)cc4C(F)(F)F)c3Cl)c2C)cc(-n2cc(Br)c(Br)n2)c1. The van der Waals surface area contributed by atoms with Gasteiger partial charge in [0.1, 0.15) is 10.3 Å². The van der Waals surface area contributed by atoms with E-state index in [1.54, 1.807) is 29.9 Å². The second-order valence-electron chi connectivity index (χ2n) is 11.6. The summed E-state index contributed by atoms with van der Waals surface area (Å²) in [4.78, 5) is 0. The molecule has 0 N–H and O–H groups in total. The van der Waals surface area contributed by atoms with E-state index in [2.05, 4.69) is 53.2 Å². The van der Waals surface area contributed by atoms with Crippen molar-refractivity contribution in [2.24, 2.45) is 0 Å². The predicted molar refractivity (Wildman–Crippen MR) is 187 cm³/mol. The van der Waals surface area contributed by atoms with Gasteiger partial charge in [-0.05, 0) is 105 Å². The van der Waals surface area contributed by atoms with Gasteiger partial charge in [-0.1, -0.05) is 40.9 Å². The predicted octanol–water partition coefficient (Wildman–Crippen LogP) is 12.8. The van der Waals surface area contributed by atoms with E-state index in [0.717, 1.165) is 22.4 Å². The Balaban J connectivity index is 1.70. The maximum absolute atomic E-state index is 14.1. The number of aromatic nitrogens is 6. The van der Waals surface area contributed by atoms with Crippen molar-refractivity contribution in [1.82, 2.24) is 29.3 Å². The van der Waals surface area contributed by atoms with Crippen molar-refractivity contribution in [2.45, 2.75) is 39.3 Å². The van der Waals surface area contributed by atoms with E-state index in [0.29, 0.717) is 20.3 Å². The minimum atomic E-state index is -5.34. The highest BCUT2D eigenvalue weighted by Gasteiger charge is 2.43. The summed E-state index contributed by atoms with van der Waals surface area (Å²) in [7, 11) is 0. The van der Waals surface area contributed by atoms with Gasteiger partial charge in [0, 0.05) is 40.2 Å². The zero-order chi connectivity index (χ0) is 39.1. The van der Waals surface area contributed by atoms with Crippen LogP contribution in [0.4, 0.5) is 39.5 Å². The number of hydrogen-bond donors (Lipinski definition) is 0. The lowest BCUT2D eigenvalue weighted by Crippen LogP contribution is -2.14. The fourth-order valence-corrected chi connectivity index (χ4v) is 6.96. The van der Waals surface area contributed by atoms with Gasteiger partial charge in [0.05, 0.1) is 31.6 Å². The van der Waals surface area contributed by atoms with Gasteiger partial charge in [-0.25, -0.2) is 14.0 Å². The van der Waals surface area contributed by atoms with Crippen LogP contribution < -0.4 is 0 Å². The Kier molecular flexibility index (Phi) is 10.1. The molecule has 6 nitrogen and oxygen atoms in total.